The van der Waals surface area contributed by atoms with Crippen LogP contribution in [0.5, 0.6) is 0 Å². The summed E-state index contributed by atoms with van der Waals surface area (Å²) in [7, 11) is -1.84. The Balaban J connectivity index is 2.58. The van der Waals surface area contributed by atoms with Gasteiger partial charge in [0.15, 0.2) is 5.35 Å². The maximum atomic E-state index is 12.7. The zero-order valence-electron chi connectivity index (χ0n) is 18.1. The van der Waals surface area contributed by atoms with Crippen molar-refractivity contribution in [1.29, 1.82) is 0 Å². The van der Waals surface area contributed by atoms with Crippen LogP contribution >= 0.6 is 0 Å². The van der Waals surface area contributed by atoms with Crippen LogP contribution in [0.15, 0.2) is 21.9 Å². The van der Waals surface area contributed by atoms with Crippen LogP contribution in [0.2, 0.25) is 13.1 Å². The minimum Gasteiger partial charge on any atom is -0.387 e. The Morgan fingerprint density at radius 3 is 2.29 bits per heavy atom. The molecule has 0 spiro atoms. The monoisotopic (exact) mass is 414 g/mol. The van der Waals surface area contributed by atoms with Gasteiger partial charge in [0.05, 0.1) is 26.6 Å². The normalized spacial score (nSPS) is 28.9. The van der Waals surface area contributed by atoms with Crippen molar-refractivity contribution in [1.82, 2.24) is 9.55 Å². The van der Waals surface area contributed by atoms with Crippen LogP contribution in [0.25, 0.3) is 0 Å². The molecule has 1 aromatic rings. The van der Waals surface area contributed by atoms with E-state index in [1.807, 2.05) is 54.6 Å². The molecule has 0 unspecified atom stereocenters. The second kappa shape index (κ2) is 7.87. The Kier molecular flexibility index (Phi) is 6.47. The van der Waals surface area contributed by atoms with E-state index in [2.05, 4.69) is 4.98 Å². The minimum absolute atomic E-state index is 0.162. The maximum absolute atomic E-state index is 12.7. The van der Waals surface area contributed by atoms with Gasteiger partial charge in [0.25, 0.3) is 5.56 Å². The van der Waals surface area contributed by atoms with Crippen molar-refractivity contribution in [2.45, 2.75) is 89.5 Å². The van der Waals surface area contributed by atoms with E-state index in [1.165, 1.54) is 16.8 Å². The minimum atomic E-state index is -1.84. The number of hydrogen-bond acceptors (Lipinski definition) is 6. The summed E-state index contributed by atoms with van der Waals surface area (Å²) >= 11 is 0. The molecule has 28 heavy (non-hydrogen) atoms. The molecule has 1 aromatic heterocycles. The first kappa shape index (κ1) is 23.0. The Morgan fingerprint density at radius 1 is 1.21 bits per heavy atom. The predicted molar refractivity (Wildman–Crippen MR) is 109 cm³/mol. The summed E-state index contributed by atoms with van der Waals surface area (Å²) in [5.74, 6) is 0. The van der Waals surface area contributed by atoms with Gasteiger partial charge in [-0.1, -0.05) is 13.1 Å². The van der Waals surface area contributed by atoms with Crippen molar-refractivity contribution >= 4 is 8.80 Å². The molecule has 1 aliphatic heterocycles. The Morgan fingerprint density at radius 2 is 1.82 bits per heavy atom. The summed E-state index contributed by atoms with van der Waals surface area (Å²) in [6, 6.07) is 1.28. The van der Waals surface area contributed by atoms with Crippen molar-refractivity contribution in [2.24, 2.45) is 0 Å². The lowest BCUT2D eigenvalue weighted by molar-refractivity contribution is -0.157. The molecule has 4 atom stereocenters. The molecule has 0 bridgehead atoms. The highest BCUT2D eigenvalue weighted by molar-refractivity contribution is 6.58. The van der Waals surface area contributed by atoms with E-state index in [0.717, 1.165) is 0 Å². The molecule has 1 saturated heterocycles. The van der Waals surface area contributed by atoms with Crippen molar-refractivity contribution in [3.63, 3.8) is 0 Å². The Hall–Kier alpha value is -1.26. The maximum Gasteiger partial charge on any atom is 0.330 e. The molecular weight excluding hydrogens is 380 g/mol. The number of aromatic amines is 1. The van der Waals surface area contributed by atoms with Gasteiger partial charge in [-0.3, -0.25) is 14.3 Å². The average molecular weight is 415 g/mol. The highest BCUT2D eigenvalue weighted by Gasteiger charge is 2.60. The fourth-order valence-corrected chi connectivity index (χ4v) is 5.58. The third-order valence-corrected chi connectivity index (χ3v) is 7.02. The average Bonchev–Trinajstić information content (AvgIpc) is 2.77. The van der Waals surface area contributed by atoms with Gasteiger partial charge in [0, 0.05) is 12.3 Å². The summed E-state index contributed by atoms with van der Waals surface area (Å²) in [5, 5.41) is 9.94. The van der Waals surface area contributed by atoms with Crippen LogP contribution in [0.4, 0.5) is 0 Å². The number of nitrogens with one attached hydrogen (secondary N) is 1. The fraction of sp³-hybridized carbons (Fsp3) is 0.789. The van der Waals surface area contributed by atoms with E-state index in [-0.39, 0.29) is 6.61 Å². The van der Waals surface area contributed by atoms with Gasteiger partial charge < -0.3 is 19.3 Å². The van der Waals surface area contributed by atoms with Gasteiger partial charge in [-0.15, -0.1) is 0 Å². The smallest absolute Gasteiger partial charge is 0.330 e. The van der Waals surface area contributed by atoms with E-state index in [0.29, 0.717) is 0 Å². The van der Waals surface area contributed by atoms with Gasteiger partial charge in [-0.05, 0) is 41.5 Å². The van der Waals surface area contributed by atoms with E-state index >= 15 is 0 Å². The van der Waals surface area contributed by atoms with Crippen LogP contribution in [0.3, 0.4) is 0 Å². The zero-order chi connectivity index (χ0) is 21.5. The lowest BCUT2D eigenvalue weighted by atomic mass is 10.1. The second-order valence-corrected chi connectivity index (χ2v) is 12.7. The topological polar surface area (TPSA) is 103 Å². The summed E-state index contributed by atoms with van der Waals surface area (Å²) in [5.41, 5.74) is -2.05. The first-order chi connectivity index (χ1) is 12.7. The lowest BCUT2D eigenvalue weighted by Crippen LogP contribution is -2.60. The van der Waals surface area contributed by atoms with E-state index in [4.69, 9.17) is 14.2 Å². The van der Waals surface area contributed by atoms with Crippen molar-refractivity contribution in [2.75, 3.05) is 6.61 Å². The third kappa shape index (κ3) is 4.83. The Labute approximate surface area is 167 Å². The summed E-state index contributed by atoms with van der Waals surface area (Å²) in [6.45, 7) is 15.7. The highest BCUT2D eigenvalue weighted by atomic mass is 28.3. The van der Waals surface area contributed by atoms with Gasteiger partial charge in [0.2, 0.25) is 0 Å². The largest absolute Gasteiger partial charge is 0.387 e. The Bertz CT molecular complexity index is 791. The van der Waals surface area contributed by atoms with Gasteiger partial charge >= 0.3 is 5.69 Å². The SMILES string of the molecule is C[SiH](C)[C@@]1(n2ccc(=O)[nH]c2=O)O[C@H](COC(C)(C)C)[C@@H](O)[C@H]1OC(C)(C)C. The van der Waals surface area contributed by atoms with Gasteiger partial charge in [0.1, 0.15) is 18.3 Å². The molecule has 8 nitrogen and oxygen atoms in total. The summed E-state index contributed by atoms with van der Waals surface area (Å²) in [4.78, 5) is 26.5. The molecule has 160 valence electrons. The van der Waals surface area contributed by atoms with E-state index in [9.17, 15) is 14.7 Å². The van der Waals surface area contributed by atoms with E-state index in [1.54, 1.807) is 0 Å². The molecule has 2 rings (SSSR count). The lowest BCUT2D eigenvalue weighted by Gasteiger charge is -2.41. The number of aliphatic hydroxyl groups is 1. The molecule has 0 amide bonds. The van der Waals surface area contributed by atoms with Crippen LogP contribution in [0, 0.1) is 0 Å². The number of H-pyrrole nitrogens is 1. The molecule has 2 heterocycles. The number of hydrogen-bond donors (Lipinski definition) is 2. The summed E-state index contributed by atoms with van der Waals surface area (Å²) in [6.07, 6.45) is -1.01. The first-order valence-corrected chi connectivity index (χ1v) is 12.6. The van der Waals surface area contributed by atoms with Crippen LogP contribution in [0.1, 0.15) is 41.5 Å². The number of nitrogens with zero attached hydrogens (tertiary/aromatic N) is 1. The number of aromatic nitrogens is 2. The molecule has 0 aliphatic carbocycles. The van der Waals surface area contributed by atoms with Crippen LogP contribution in [-0.2, 0) is 19.6 Å². The molecule has 0 saturated carbocycles. The van der Waals surface area contributed by atoms with Crippen molar-refractivity contribution in [3.05, 3.63) is 33.1 Å². The zero-order valence-corrected chi connectivity index (χ0v) is 19.3. The number of rotatable bonds is 5. The molecule has 2 N–H and O–H groups in total. The number of ether oxygens (including phenoxy) is 3. The predicted octanol–water partition coefficient (Wildman–Crippen LogP) is 0.974. The highest BCUT2D eigenvalue weighted by Crippen LogP contribution is 2.41. The van der Waals surface area contributed by atoms with Crippen LogP contribution < -0.4 is 11.2 Å². The van der Waals surface area contributed by atoms with Crippen LogP contribution in [-0.4, -0.2) is 59.6 Å². The molecule has 1 aliphatic rings. The number of aliphatic hydroxyl groups excluding tert-OH is 1. The van der Waals surface area contributed by atoms with Crippen molar-refractivity contribution in [3.8, 4) is 0 Å². The fourth-order valence-electron chi connectivity index (χ4n) is 3.45. The third-order valence-electron chi connectivity index (χ3n) is 4.63. The molecule has 1 fully saturated rings. The first-order valence-electron chi connectivity index (χ1n) is 9.67. The summed E-state index contributed by atoms with van der Waals surface area (Å²) < 4.78 is 19.9. The van der Waals surface area contributed by atoms with Crippen molar-refractivity contribution < 1.29 is 19.3 Å². The van der Waals surface area contributed by atoms with Gasteiger partial charge in [-0.25, -0.2) is 4.79 Å². The molecular formula is C19H34N2O6Si. The molecule has 9 heteroatoms. The second-order valence-electron chi connectivity index (χ2n) is 9.61. The molecule has 0 aromatic carbocycles. The van der Waals surface area contributed by atoms with Gasteiger partial charge in [-0.2, -0.15) is 0 Å². The van der Waals surface area contributed by atoms with E-state index < -0.39 is 54.9 Å². The quantitative estimate of drug-likeness (QED) is 0.696. The molecule has 0 radical (unpaired) electrons. The standard InChI is InChI=1S/C19H34N2O6Si/c1-17(2,3)25-11-12-14(23)15(27-18(4,5)6)19(26-12,28(7)8)21-10-9-13(22)20-16(21)24/h9-10,12,14-15,23,28H,11H2,1-8H3,(H,20,22,24)/t12-,14-,15-,19+/m1/s1.